The van der Waals surface area contributed by atoms with Crippen LogP contribution in [0.2, 0.25) is 10.0 Å². The van der Waals surface area contributed by atoms with Crippen molar-refractivity contribution in [2.24, 2.45) is 7.05 Å². The van der Waals surface area contributed by atoms with Crippen LogP contribution in [-0.2, 0) is 7.05 Å². The van der Waals surface area contributed by atoms with E-state index in [2.05, 4.69) is 15.4 Å². The molecule has 3 rings (SSSR count). The van der Waals surface area contributed by atoms with E-state index < -0.39 is 0 Å². The van der Waals surface area contributed by atoms with Crippen molar-refractivity contribution < 1.29 is 4.79 Å². The molecule has 1 aromatic carbocycles. The Morgan fingerprint density at radius 1 is 1.32 bits per heavy atom. The molecule has 3 aromatic rings. The molecule has 0 bridgehead atoms. The second-order valence-electron chi connectivity index (χ2n) is 5.43. The molecule has 8 heteroatoms. The van der Waals surface area contributed by atoms with E-state index in [1.165, 1.54) is 0 Å². The molecule has 0 radical (unpaired) electrons. The average Bonchev–Trinajstić information content (AvgIpc) is 2.95. The van der Waals surface area contributed by atoms with E-state index in [9.17, 15) is 4.79 Å². The van der Waals surface area contributed by atoms with Gasteiger partial charge in [0, 0.05) is 29.9 Å². The second-order valence-corrected chi connectivity index (χ2v) is 7.26. The van der Waals surface area contributed by atoms with Crippen molar-refractivity contribution in [2.45, 2.75) is 0 Å². The van der Waals surface area contributed by atoms with Crippen LogP contribution in [0.5, 0.6) is 0 Å². The summed E-state index contributed by atoms with van der Waals surface area (Å²) in [5, 5.41) is 8.88. The normalized spacial score (nSPS) is 11.0. The Kier molecular flexibility index (Phi) is 5.51. The van der Waals surface area contributed by atoms with E-state index in [4.69, 9.17) is 23.2 Å². The third-order valence-electron chi connectivity index (χ3n) is 3.75. The topological polar surface area (TPSA) is 59.8 Å². The Balaban J connectivity index is 2.11. The summed E-state index contributed by atoms with van der Waals surface area (Å²) in [4.78, 5) is 17.2. The van der Waals surface area contributed by atoms with Crippen LogP contribution in [0.1, 0.15) is 10.4 Å². The highest BCUT2D eigenvalue weighted by Gasteiger charge is 2.17. The van der Waals surface area contributed by atoms with Crippen molar-refractivity contribution in [3.63, 3.8) is 0 Å². The predicted octanol–water partition coefficient (Wildman–Crippen LogP) is 4.03. The number of pyridine rings is 1. The minimum Gasteiger partial charge on any atom is -0.351 e. The number of hydrogen-bond acceptors (Lipinski definition) is 4. The van der Waals surface area contributed by atoms with Crippen molar-refractivity contribution in [2.75, 3.05) is 18.6 Å². The molecule has 1 amide bonds. The van der Waals surface area contributed by atoms with Gasteiger partial charge in [-0.3, -0.25) is 9.48 Å². The SMILES string of the molecule is CSCCNC(=O)c1cc(-c2ccc(Cl)cc2Cl)nc2c1cnn2C. The number of nitrogens with zero attached hydrogens (tertiary/aromatic N) is 3. The quantitative estimate of drug-likeness (QED) is 0.663. The lowest BCUT2D eigenvalue weighted by Crippen LogP contribution is -2.26. The molecule has 1 N–H and O–H groups in total. The molecule has 0 aliphatic carbocycles. The van der Waals surface area contributed by atoms with Gasteiger partial charge in [-0.15, -0.1) is 0 Å². The molecule has 0 unspecified atom stereocenters. The van der Waals surface area contributed by atoms with Crippen molar-refractivity contribution in [1.29, 1.82) is 0 Å². The monoisotopic (exact) mass is 394 g/mol. The van der Waals surface area contributed by atoms with E-state index in [0.29, 0.717) is 44.4 Å². The van der Waals surface area contributed by atoms with Crippen molar-refractivity contribution >= 4 is 51.9 Å². The maximum Gasteiger partial charge on any atom is 0.252 e. The number of aromatic nitrogens is 3. The molecule has 0 spiro atoms. The molecular weight excluding hydrogens is 379 g/mol. The van der Waals surface area contributed by atoms with Gasteiger partial charge in [0.1, 0.15) is 0 Å². The summed E-state index contributed by atoms with van der Waals surface area (Å²) in [5.41, 5.74) is 2.47. The first-order chi connectivity index (χ1) is 12.0. The zero-order valence-corrected chi connectivity index (χ0v) is 16.0. The zero-order chi connectivity index (χ0) is 18.0. The second kappa shape index (κ2) is 7.64. The maximum atomic E-state index is 12.6. The Morgan fingerprint density at radius 3 is 2.84 bits per heavy atom. The molecule has 5 nitrogen and oxygen atoms in total. The van der Waals surface area contributed by atoms with Gasteiger partial charge in [-0.05, 0) is 30.5 Å². The lowest BCUT2D eigenvalue weighted by molar-refractivity contribution is 0.0958. The van der Waals surface area contributed by atoms with Gasteiger partial charge in [0.15, 0.2) is 5.65 Å². The molecule has 0 saturated heterocycles. The minimum absolute atomic E-state index is 0.152. The molecule has 0 aliphatic heterocycles. The number of rotatable bonds is 5. The highest BCUT2D eigenvalue weighted by molar-refractivity contribution is 7.98. The molecule has 0 atom stereocenters. The van der Waals surface area contributed by atoms with Gasteiger partial charge in [0.25, 0.3) is 5.91 Å². The van der Waals surface area contributed by atoms with Crippen LogP contribution in [0.15, 0.2) is 30.5 Å². The Morgan fingerprint density at radius 2 is 2.12 bits per heavy atom. The molecule has 2 aromatic heterocycles. The van der Waals surface area contributed by atoms with Crippen LogP contribution in [0, 0.1) is 0 Å². The molecule has 2 heterocycles. The van der Waals surface area contributed by atoms with Crippen LogP contribution in [0.4, 0.5) is 0 Å². The van der Waals surface area contributed by atoms with Crippen LogP contribution in [0.3, 0.4) is 0 Å². The minimum atomic E-state index is -0.152. The number of carbonyl (C=O) groups is 1. The molecular formula is C17H16Cl2N4OS. The zero-order valence-electron chi connectivity index (χ0n) is 13.7. The van der Waals surface area contributed by atoms with Crippen LogP contribution >= 0.6 is 35.0 Å². The number of carbonyl (C=O) groups excluding carboxylic acids is 1. The Bertz CT molecular complexity index is 942. The van der Waals surface area contributed by atoms with E-state index in [0.717, 1.165) is 5.75 Å². The standard InChI is InChI=1S/C17H16Cl2N4OS/c1-23-16-13(9-21-23)12(17(24)20-5-6-25-2)8-15(22-16)11-4-3-10(18)7-14(11)19/h3-4,7-9H,5-6H2,1-2H3,(H,20,24). The smallest absolute Gasteiger partial charge is 0.252 e. The largest absolute Gasteiger partial charge is 0.351 e. The molecule has 0 saturated carbocycles. The van der Waals surface area contributed by atoms with Crippen molar-refractivity contribution in [3.8, 4) is 11.3 Å². The molecule has 25 heavy (non-hydrogen) atoms. The van der Waals surface area contributed by atoms with Crippen LogP contribution < -0.4 is 5.32 Å². The van der Waals surface area contributed by atoms with Crippen LogP contribution in [-0.4, -0.2) is 39.2 Å². The molecule has 0 aliphatic rings. The van der Waals surface area contributed by atoms with Gasteiger partial charge < -0.3 is 5.32 Å². The summed E-state index contributed by atoms with van der Waals surface area (Å²) < 4.78 is 1.64. The van der Waals surface area contributed by atoms with Crippen molar-refractivity contribution in [3.05, 3.63) is 46.1 Å². The average molecular weight is 395 g/mol. The number of halogens is 2. The van der Waals surface area contributed by atoms with Gasteiger partial charge in [0.2, 0.25) is 0 Å². The third-order valence-corrected chi connectivity index (χ3v) is 4.91. The van der Waals surface area contributed by atoms with Gasteiger partial charge in [-0.1, -0.05) is 23.2 Å². The Labute approximate surface area is 159 Å². The summed E-state index contributed by atoms with van der Waals surface area (Å²) in [6.07, 6.45) is 3.65. The fourth-order valence-electron chi connectivity index (χ4n) is 2.50. The lowest BCUT2D eigenvalue weighted by atomic mass is 10.1. The van der Waals surface area contributed by atoms with E-state index in [1.54, 1.807) is 54.0 Å². The summed E-state index contributed by atoms with van der Waals surface area (Å²) >= 11 is 14.0. The number of amides is 1. The third kappa shape index (κ3) is 3.76. The number of thioether (sulfide) groups is 1. The molecule has 130 valence electrons. The van der Waals surface area contributed by atoms with E-state index in [-0.39, 0.29) is 5.91 Å². The summed E-state index contributed by atoms with van der Waals surface area (Å²) in [6, 6.07) is 6.94. The highest BCUT2D eigenvalue weighted by atomic mass is 35.5. The maximum absolute atomic E-state index is 12.6. The fraction of sp³-hybridized carbons (Fsp3) is 0.235. The summed E-state index contributed by atoms with van der Waals surface area (Å²) in [5.74, 6) is 0.698. The summed E-state index contributed by atoms with van der Waals surface area (Å²) in [6.45, 7) is 0.598. The first kappa shape index (κ1) is 18.0. The van der Waals surface area contributed by atoms with Gasteiger partial charge in [0.05, 0.1) is 27.9 Å². The van der Waals surface area contributed by atoms with Gasteiger partial charge >= 0.3 is 0 Å². The number of aryl methyl sites for hydroxylation is 1. The first-order valence-electron chi connectivity index (χ1n) is 7.56. The van der Waals surface area contributed by atoms with Crippen LogP contribution in [0.25, 0.3) is 22.3 Å². The predicted molar refractivity (Wildman–Crippen MR) is 105 cm³/mol. The Hall–Kier alpha value is -1.76. The number of benzene rings is 1. The van der Waals surface area contributed by atoms with Gasteiger partial charge in [-0.25, -0.2) is 4.98 Å². The lowest BCUT2D eigenvalue weighted by Gasteiger charge is -2.10. The van der Waals surface area contributed by atoms with Crippen molar-refractivity contribution in [1.82, 2.24) is 20.1 Å². The number of hydrogen-bond donors (Lipinski definition) is 1. The fourth-order valence-corrected chi connectivity index (χ4v) is 3.31. The molecule has 0 fully saturated rings. The highest BCUT2D eigenvalue weighted by Crippen LogP contribution is 2.31. The van der Waals surface area contributed by atoms with E-state index in [1.807, 2.05) is 6.26 Å². The van der Waals surface area contributed by atoms with Gasteiger partial charge in [-0.2, -0.15) is 16.9 Å². The number of nitrogens with one attached hydrogen (secondary N) is 1. The number of fused-ring (bicyclic) bond motifs is 1. The van der Waals surface area contributed by atoms with E-state index >= 15 is 0 Å². The summed E-state index contributed by atoms with van der Waals surface area (Å²) in [7, 11) is 1.79. The first-order valence-corrected chi connectivity index (χ1v) is 9.71.